The summed E-state index contributed by atoms with van der Waals surface area (Å²) in [5.74, 6) is 0. The van der Waals surface area contributed by atoms with Crippen molar-refractivity contribution in [2.75, 3.05) is 0 Å². The molecule has 0 aromatic carbocycles. The van der Waals surface area contributed by atoms with Crippen LogP contribution in [0.15, 0.2) is 72.4 Å². The summed E-state index contributed by atoms with van der Waals surface area (Å²) in [6.45, 7) is 5.85. The van der Waals surface area contributed by atoms with E-state index in [-0.39, 0.29) is 6.04 Å². The van der Waals surface area contributed by atoms with E-state index in [0.29, 0.717) is 0 Å². The topological polar surface area (TPSA) is 26.0 Å². The zero-order valence-electron chi connectivity index (χ0n) is 10.5. The van der Waals surface area contributed by atoms with Crippen LogP contribution in [0.4, 0.5) is 0 Å². The second-order valence-electron chi connectivity index (χ2n) is 4.03. The smallest absolute Gasteiger partial charge is 0.0416 e. The molecule has 0 aliphatic heterocycles. The van der Waals surface area contributed by atoms with Gasteiger partial charge in [-0.05, 0) is 30.9 Å². The summed E-state index contributed by atoms with van der Waals surface area (Å²) >= 11 is 0. The van der Waals surface area contributed by atoms with Gasteiger partial charge in [-0.2, -0.15) is 0 Å². The van der Waals surface area contributed by atoms with E-state index in [1.807, 2.05) is 43.4 Å². The number of hydrogen-bond acceptors (Lipinski definition) is 1. The van der Waals surface area contributed by atoms with E-state index in [4.69, 9.17) is 5.73 Å². The van der Waals surface area contributed by atoms with Gasteiger partial charge in [-0.15, -0.1) is 0 Å². The van der Waals surface area contributed by atoms with Crippen LogP contribution in [-0.4, -0.2) is 6.04 Å². The van der Waals surface area contributed by atoms with Gasteiger partial charge in [-0.3, -0.25) is 0 Å². The predicted octanol–water partition coefficient (Wildman–Crippen LogP) is 3.83. The van der Waals surface area contributed by atoms with E-state index in [9.17, 15) is 0 Å². The fourth-order valence-electron chi connectivity index (χ4n) is 1.59. The summed E-state index contributed by atoms with van der Waals surface area (Å²) in [5.41, 5.74) is 8.37. The molecule has 0 heterocycles. The molecule has 0 radical (unpaired) electrons. The van der Waals surface area contributed by atoms with Gasteiger partial charge in [0.05, 0.1) is 0 Å². The van der Waals surface area contributed by atoms with Crippen molar-refractivity contribution in [1.82, 2.24) is 0 Å². The van der Waals surface area contributed by atoms with Gasteiger partial charge in [0.25, 0.3) is 0 Å². The number of hydrogen-bond donors (Lipinski definition) is 1. The van der Waals surface area contributed by atoms with Crippen LogP contribution in [0.3, 0.4) is 0 Å². The Balaban J connectivity index is 2.55. The van der Waals surface area contributed by atoms with E-state index in [1.165, 1.54) is 11.1 Å². The maximum absolute atomic E-state index is 5.80. The minimum absolute atomic E-state index is 0.0428. The highest BCUT2D eigenvalue weighted by atomic mass is 14.6. The Morgan fingerprint density at radius 3 is 3.00 bits per heavy atom. The van der Waals surface area contributed by atoms with Crippen molar-refractivity contribution in [3.8, 4) is 0 Å². The Morgan fingerprint density at radius 2 is 2.29 bits per heavy atom. The molecule has 17 heavy (non-hydrogen) atoms. The lowest BCUT2D eigenvalue weighted by Crippen LogP contribution is -2.11. The van der Waals surface area contributed by atoms with E-state index >= 15 is 0 Å². The molecule has 0 saturated carbocycles. The van der Waals surface area contributed by atoms with E-state index in [0.717, 1.165) is 12.8 Å². The predicted molar refractivity (Wildman–Crippen MR) is 76.7 cm³/mol. The summed E-state index contributed by atoms with van der Waals surface area (Å²) in [5, 5.41) is 0. The van der Waals surface area contributed by atoms with Crippen molar-refractivity contribution >= 4 is 0 Å². The van der Waals surface area contributed by atoms with Crippen LogP contribution in [0.2, 0.25) is 0 Å². The maximum Gasteiger partial charge on any atom is 0.0416 e. The first-order chi connectivity index (χ1) is 8.26. The molecule has 1 rings (SSSR count). The molecule has 1 nitrogen and oxygen atoms in total. The lowest BCUT2D eigenvalue weighted by molar-refractivity contribution is 0.967. The summed E-state index contributed by atoms with van der Waals surface area (Å²) in [6, 6.07) is 0.0428. The van der Waals surface area contributed by atoms with Crippen LogP contribution in [0.5, 0.6) is 0 Å². The molecule has 0 aromatic heterocycles. The highest BCUT2D eigenvalue weighted by Gasteiger charge is 1.99. The normalized spacial score (nSPS) is 20.5. The molecule has 1 aliphatic rings. The molecule has 0 spiro atoms. The summed E-state index contributed by atoms with van der Waals surface area (Å²) < 4.78 is 0. The lowest BCUT2D eigenvalue weighted by atomic mass is 10.0. The standard InChI is InChI=1S/C16H21N/c1-3-5-7-14(4-2)10-11-15-8-6-9-16(17)13-12-15/h3-9,12-13,16H,2,10-11,17H2,1H3/b5-3-,14-7+. The third-order valence-electron chi connectivity index (χ3n) is 2.64. The first-order valence-electron chi connectivity index (χ1n) is 6.01. The van der Waals surface area contributed by atoms with Crippen molar-refractivity contribution < 1.29 is 0 Å². The fourth-order valence-corrected chi connectivity index (χ4v) is 1.59. The molecule has 0 fully saturated rings. The molecule has 0 bridgehead atoms. The van der Waals surface area contributed by atoms with Gasteiger partial charge in [-0.25, -0.2) is 0 Å². The molecule has 1 aliphatic carbocycles. The van der Waals surface area contributed by atoms with Crippen molar-refractivity contribution in [2.45, 2.75) is 25.8 Å². The average Bonchev–Trinajstić information content (AvgIpc) is 2.54. The zero-order chi connectivity index (χ0) is 12.5. The number of rotatable bonds is 5. The average molecular weight is 227 g/mol. The van der Waals surface area contributed by atoms with Gasteiger partial charge >= 0.3 is 0 Å². The molecule has 90 valence electrons. The first-order valence-corrected chi connectivity index (χ1v) is 6.01. The van der Waals surface area contributed by atoms with Gasteiger partial charge in [0.15, 0.2) is 0 Å². The van der Waals surface area contributed by atoms with E-state index in [2.05, 4.69) is 24.8 Å². The second-order valence-corrected chi connectivity index (χ2v) is 4.03. The van der Waals surface area contributed by atoms with E-state index in [1.54, 1.807) is 0 Å². The third-order valence-corrected chi connectivity index (χ3v) is 2.64. The molecular formula is C16H21N. The largest absolute Gasteiger partial charge is 0.321 e. The molecule has 1 heteroatoms. The quantitative estimate of drug-likeness (QED) is 0.710. The van der Waals surface area contributed by atoms with Crippen LogP contribution < -0.4 is 5.73 Å². The SMILES string of the molecule is C=C/C(=C\C=C/C)CCC1=CC=CC(N)C=C1. The Bertz CT molecular complexity index is 392. The van der Waals surface area contributed by atoms with Crippen molar-refractivity contribution in [3.05, 3.63) is 72.4 Å². The molecule has 0 amide bonds. The van der Waals surface area contributed by atoms with Crippen molar-refractivity contribution in [3.63, 3.8) is 0 Å². The van der Waals surface area contributed by atoms with Crippen molar-refractivity contribution in [1.29, 1.82) is 0 Å². The van der Waals surface area contributed by atoms with Gasteiger partial charge in [-0.1, -0.05) is 61.3 Å². The highest BCUT2D eigenvalue weighted by molar-refractivity contribution is 5.32. The van der Waals surface area contributed by atoms with E-state index < -0.39 is 0 Å². The minimum atomic E-state index is 0.0428. The summed E-state index contributed by atoms with van der Waals surface area (Å²) in [7, 11) is 0. The number of allylic oxidation sites excluding steroid dienone is 9. The molecule has 1 atom stereocenters. The van der Waals surface area contributed by atoms with Gasteiger partial charge in [0.2, 0.25) is 0 Å². The number of nitrogens with two attached hydrogens (primary N) is 1. The molecule has 1 unspecified atom stereocenters. The third kappa shape index (κ3) is 5.32. The van der Waals surface area contributed by atoms with Gasteiger partial charge in [0, 0.05) is 6.04 Å². The van der Waals surface area contributed by atoms with Crippen LogP contribution >= 0.6 is 0 Å². The molecule has 2 N–H and O–H groups in total. The molecule has 0 aromatic rings. The van der Waals surface area contributed by atoms with Crippen LogP contribution in [0.1, 0.15) is 19.8 Å². The van der Waals surface area contributed by atoms with Crippen LogP contribution in [-0.2, 0) is 0 Å². The van der Waals surface area contributed by atoms with Crippen LogP contribution in [0.25, 0.3) is 0 Å². The Kier molecular flexibility index (Phi) is 6.05. The summed E-state index contributed by atoms with van der Waals surface area (Å²) in [6.07, 6.45) is 20.4. The van der Waals surface area contributed by atoms with Crippen molar-refractivity contribution in [2.24, 2.45) is 5.73 Å². The minimum Gasteiger partial charge on any atom is -0.321 e. The monoisotopic (exact) mass is 227 g/mol. The Morgan fingerprint density at radius 1 is 1.47 bits per heavy atom. The zero-order valence-corrected chi connectivity index (χ0v) is 10.5. The Labute approximate surface area is 104 Å². The van der Waals surface area contributed by atoms with Gasteiger partial charge < -0.3 is 5.73 Å². The Hall–Kier alpha value is -1.60. The second kappa shape index (κ2) is 7.64. The van der Waals surface area contributed by atoms with Crippen LogP contribution in [0, 0.1) is 0 Å². The maximum atomic E-state index is 5.80. The molecule has 0 saturated heterocycles. The van der Waals surface area contributed by atoms with Gasteiger partial charge in [0.1, 0.15) is 0 Å². The summed E-state index contributed by atoms with van der Waals surface area (Å²) in [4.78, 5) is 0. The molecular weight excluding hydrogens is 206 g/mol. The fraction of sp³-hybridized carbons (Fsp3) is 0.250. The first kappa shape index (κ1) is 13.5. The highest BCUT2D eigenvalue weighted by Crippen LogP contribution is 2.15. The lowest BCUT2D eigenvalue weighted by Gasteiger charge is -2.02.